The molecule has 0 bridgehead atoms. The normalized spacial score (nSPS) is 22.2. The van der Waals surface area contributed by atoms with E-state index in [4.69, 9.17) is 0 Å². The molecule has 0 saturated carbocycles. The Morgan fingerprint density at radius 3 is 1.79 bits per heavy atom. The first-order valence-electron chi connectivity index (χ1n) is 8.96. The second kappa shape index (κ2) is 5.51. The van der Waals surface area contributed by atoms with Crippen LogP contribution in [0.4, 0.5) is 0 Å². The second-order valence-corrected chi connectivity index (χ2v) is 9.70. The minimum Gasteiger partial charge on any atom is -0.507 e. The van der Waals surface area contributed by atoms with Crippen LogP contribution in [0.3, 0.4) is 0 Å². The Hall–Kier alpha value is -1.50. The van der Waals surface area contributed by atoms with Gasteiger partial charge in [-0.1, -0.05) is 70.9 Å². The SMILES string of the molecule is CC1=CC(C)(c2cc(C(C)(C)C)cc(C(C)(C)C)c2O)C(C)=C1C. The van der Waals surface area contributed by atoms with Crippen molar-refractivity contribution >= 4 is 0 Å². The monoisotopic (exact) mass is 326 g/mol. The number of benzene rings is 1. The molecule has 1 unspecified atom stereocenters. The largest absolute Gasteiger partial charge is 0.507 e. The maximum atomic E-state index is 11.2. The third kappa shape index (κ3) is 2.94. The lowest BCUT2D eigenvalue weighted by molar-refractivity contribution is 0.430. The summed E-state index contributed by atoms with van der Waals surface area (Å²) in [5, 5.41) is 11.2. The van der Waals surface area contributed by atoms with Gasteiger partial charge in [0.2, 0.25) is 0 Å². The zero-order valence-electron chi connectivity index (χ0n) is 17.2. The zero-order chi connectivity index (χ0) is 18.7. The minimum absolute atomic E-state index is 0.0445. The predicted molar refractivity (Wildman–Crippen MR) is 105 cm³/mol. The van der Waals surface area contributed by atoms with Gasteiger partial charge in [-0.3, -0.25) is 0 Å². The lowest BCUT2D eigenvalue weighted by Gasteiger charge is -2.33. The Bertz CT molecular complexity index is 733. The van der Waals surface area contributed by atoms with Crippen LogP contribution < -0.4 is 0 Å². The first-order chi connectivity index (χ1) is 10.7. The molecule has 1 N–H and O–H groups in total. The van der Waals surface area contributed by atoms with Crippen molar-refractivity contribution in [1.29, 1.82) is 0 Å². The molecular weight excluding hydrogens is 292 g/mol. The van der Waals surface area contributed by atoms with E-state index in [0.717, 1.165) is 11.1 Å². The van der Waals surface area contributed by atoms with Gasteiger partial charge in [0.05, 0.1) is 0 Å². The molecule has 0 amide bonds. The smallest absolute Gasteiger partial charge is 0.123 e. The molecule has 1 aromatic rings. The van der Waals surface area contributed by atoms with Crippen LogP contribution in [0.5, 0.6) is 5.75 Å². The average Bonchev–Trinajstić information content (AvgIpc) is 2.61. The van der Waals surface area contributed by atoms with Crippen molar-refractivity contribution in [2.24, 2.45) is 0 Å². The minimum atomic E-state index is -0.237. The summed E-state index contributed by atoms with van der Waals surface area (Å²) in [7, 11) is 0. The molecule has 0 fully saturated rings. The Morgan fingerprint density at radius 2 is 1.42 bits per heavy atom. The van der Waals surface area contributed by atoms with Gasteiger partial charge < -0.3 is 5.11 Å². The summed E-state index contributed by atoms with van der Waals surface area (Å²) >= 11 is 0. The van der Waals surface area contributed by atoms with Gasteiger partial charge in [0.25, 0.3) is 0 Å². The van der Waals surface area contributed by atoms with Gasteiger partial charge in [0.15, 0.2) is 0 Å². The van der Waals surface area contributed by atoms with Crippen LogP contribution in [0.25, 0.3) is 0 Å². The van der Waals surface area contributed by atoms with Crippen LogP contribution in [-0.2, 0) is 16.2 Å². The molecule has 1 heteroatoms. The Kier molecular flexibility index (Phi) is 4.32. The van der Waals surface area contributed by atoms with Crippen molar-refractivity contribution in [2.75, 3.05) is 0 Å². The average molecular weight is 327 g/mol. The molecule has 0 saturated heterocycles. The standard InChI is InChI=1S/C23H34O/c1-14-13-23(10,16(3)15(14)2)19-12-17(21(4,5)6)11-18(20(19)24)22(7,8)9/h11-13,24H,1-10H3. The van der Waals surface area contributed by atoms with Gasteiger partial charge in [-0.2, -0.15) is 0 Å². The molecule has 24 heavy (non-hydrogen) atoms. The number of hydrogen-bond acceptors (Lipinski definition) is 1. The van der Waals surface area contributed by atoms with E-state index in [9.17, 15) is 5.11 Å². The second-order valence-electron chi connectivity index (χ2n) is 9.70. The van der Waals surface area contributed by atoms with Crippen LogP contribution in [0, 0.1) is 0 Å². The summed E-state index contributed by atoms with van der Waals surface area (Å²) in [5.41, 5.74) is 7.06. The van der Waals surface area contributed by atoms with Crippen molar-refractivity contribution < 1.29 is 5.11 Å². The molecular formula is C23H34O. The molecule has 1 atom stereocenters. The van der Waals surface area contributed by atoms with Crippen molar-refractivity contribution in [2.45, 2.75) is 85.5 Å². The quantitative estimate of drug-likeness (QED) is 0.621. The molecule has 0 spiro atoms. The number of phenols is 1. The number of hydrogen-bond donors (Lipinski definition) is 1. The van der Waals surface area contributed by atoms with Crippen molar-refractivity contribution in [3.8, 4) is 5.75 Å². The molecule has 132 valence electrons. The number of phenolic OH excluding ortho intramolecular Hbond substituents is 1. The van der Waals surface area contributed by atoms with Crippen LogP contribution in [0.2, 0.25) is 0 Å². The van der Waals surface area contributed by atoms with Gasteiger partial charge in [-0.25, -0.2) is 0 Å². The van der Waals surface area contributed by atoms with Gasteiger partial charge >= 0.3 is 0 Å². The van der Waals surface area contributed by atoms with Crippen molar-refractivity contribution in [1.82, 2.24) is 0 Å². The van der Waals surface area contributed by atoms with Crippen LogP contribution in [-0.4, -0.2) is 5.11 Å². The first-order valence-corrected chi connectivity index (χ1v) is 8.96. The summed E-state index contributed by atoms with van der Waals surface area (Å²) < 4.78 is 0. The lowest BCUT2D eigenvalue weighted by Crippen LogP contribution is -2.24. The van der Waals surface area contributed by atoms with Gasteiger partial charge in [-0.05, 0) is 55.2 Å². The summed E-state index contributed by atoms with van der Waals surface area (Å²) in [4.78, 5) is 0. The van der Waals surface area contributed by atoms with E-state index >= 15 is 0 Å². The van der Waals surface area contributed by atoms with E-state index in [-0.39, 0.29) is 16.2 Å². The number of allylic oxidation sites excluding steroid dienone is 4. The first kappa shape index (κ1) is 18.8. The molecule has 0 aromatic heterocycles. The van der Waals surface area contributed by atoms with E-state index < -0.39 is 0 Å². The van der Waals surface area contributed by atoms with E-state index in [1.54, 1.807) is 0 Å². The summed E-state index contributed by atoms with van der Waals surface area (Å²) in [6.07, 6.45) is 2.31. The van der Waals surface area contributed by atoms with Crippen LogP contribution in [0.1, 0.15) is 85.9 Å². The van der Waals surface area contributed by atoms with Gasteiger partial charge in [0.1, 0.15) is 5.75 Å². The Labute approximate surface area is 148 Å². The lowest BCUT2D eigenvalue weighted by atomic mass is 9.71. The molecule has 2 rings (SSSR count). The third-order valence-corrected chi connectivity index (χ3v) is 5.78. The fourth-order valence-electron chi connectivity index (χ4n) is 3.65. The highest BCUT2D eigenvalue weighted by molar-refractivity contribution is 5.61. The summed E-state index contributed by atoms with van der Waals surface area (Å²) in [6, 6.07) is 4.41. The highest BCUT2D eigenvalue weighted by Crippen LogP contribution is 2.49. The number of rotatable bonds is 1. The fourth-order valence-corrected chi connectivity index (χ4v) is 3.65. The van der Waals surface area contributed by atoms with E-state index in [1.165, 1.54) is 22.3 Å². The van der Waals surface area contributed by atoms with E-state index in [2.05, 4.69) is 87.4 Å². The highest BCUT2D eigenvalue weighted by Gasteiger charge is 2.37. The zero-order valence-corrected chi connectivity index (χ0v) is 17.2. The predicted octanol–water partition coefficient (Wildman–Crippen LogP) is 6.54. The highest BCUT2D eigenvalue weighted by atomic mass is 16.3. The fraction of sp³-hybridized carbons (Fsp3) is 0.565. The Balaban J connectivity index is 2.86. The summed E-state index contributed by atoms with van der Waals surface area (Å²) in [5.74, 6) is 0.455. The maximum absolute atomic E-state index is 11.2. The number of aromatic hydroxyl groups is 1. The van der Waals surface area contributed by atoms with Gasteiger partial charge in [0, 0.05) is 11.0 Å². The molecule has 0 radical (unpaired) electrons. The van der Waals surface area contributed by atoms with Crippen molar-refractivity contribution in [3.05, 3.63) is 51.6 Å². The maximum Gasteiger partial charge on any atom is 0.123 e. The summed E-state index contributed by atoms with van der Waals surface area (Å²) in [6.45, 7) is 22.0. The molecule has 1 aliphatic rings. The van der Waals surface area contributed by atoms with Crippen molar-refractivity contribution in [3.63, 3.8) is 0 Å². The van der Waals surface area contributed by atoms with Crippen LogP contribution >= 0.6 is 0 Å². The third-order valence-electron chi connectivity index (χ3n) is 5.78. The van der Waals surface area contributed by atoms with E-state index in [1.807, 2.05) is 0 Å². The molecule has 1 aromatic carbocycles. The molecule has 1 aliphatic carbocycles. The molecule has 0 aliphatic heterocycles. The Morgan fingerprint density at radius 1 is 0.875 bits per heavy atom. The topological polar surface area (TPSA) is 20.2 Å². The van der Waals surface area contributed by atoms with E-state index in [0.29, 0.717) is 5.75 Å². The molecule has 0 heterocycles. The van der Waals surface area contributed by atoms with Crippen LogP contribution in [0.15, 0.2) is 34.9 Å². The molecule has 1 nitrogen and oxygen atoms in total. The van der Waals surface area contributed by atoms with Gasteiger partial charge in [-0.15, -0.1) is 0 Å².